The molecular weight excluding hydrogens is 380 g/mol. The molecule has 3 N–H and O–H groups in total. The number of carbonyl (C=O) groups excluding carboxylic acids is 1. The molecule has 0 saturated heterocycles. The summed E-state index contributed by atoms with van der Waals surface area (Å²) in [5, 5.41) is 13.3. The molecular formula is C16H18BrClN4O. The highest BCUT2D eigenvalue weighted by Gasteiger charge is 2.18. The molecule has 0 bridgehead atoms. The van der Waals surface area contributed by atoms with Gasteiger partial charge in [0.15, 0.2) is 0 Å². The Balaban J connectivity index is 0.00000192. The molecule has 122 valence electrons. The second kappa shape index (κ2) is 8.29. The van der Waals surface area contributed by atoms with E-state index in [0.717, 1.165) is 30.8 Å². The number of H-pyrrole nitrogens is 1. The van der Waals surface area contributed by atoms with Crippen LogP contribution in [-0.4, -0.2) is 35.7 Å². The third kappa shape index (κ3) is 4.22. The Morgan fingerprint density at radius 3 is 2.78 bits per heavy atom. The Hall–Kier alpha value is -1.63. The minimum atomic E-state index is -0.152. The number of amides is 1. The predicted octanol–water partition coefficient (Wildman–Crippen LogP) is 2.91. The second-order valence-corrected chi connectivity index (χ2v) is 5.92. The average Bonchev–Trinajstić information content (AvgIpc) is 2.96. The summed E-state index contributed by atoms with van der Waals surface area (Å²) in [6, 6.07) is 9.76. The van der Waals surface area contributed by atoms with Crippen LogP contribution < -0.4 is 10.6 Å². The van der Waals surface area contributed by atoms with Crippen molar-refractivity contribution in [2.24, 2.45) is 0 Å². The number of benzene rings is 1. The van der Waals surface area contributed by atoms with Crippen molar-refractivity contribution < 1.29 is 4.79 Å². The molecule has 0 saturated carbocycles. The van der Waals surface area contributed by atoms with Gasteiger partial charge in [0.1, 0.15) is 11.4 Å². The molecule has 1 aliphatic heterocycles. The lowest BCUT2D eigenvalue weighted by atomic mass is 10.1. The smallest absolute Gasteiger partial charge is 0.270 e. The van der Waals surface area contributed by atoms with Gasteiger partial charge in [-0.3, -0.25) is 9.89 Å². The number of halogens is 2. The van der Waals surface area contributed by atoms with E-state index in [-0.39, 0.29) is 18.3 Å². The number of nitrogens with one attached hydrogen (secondary N) is 3. The maximum atomic E-state index is 12.3. The van der Waals surface area contributed by atoms with Crippen molar-refractivity contribution in [2.45, 2.75) is 6.42 Å². The average molecular weight is 398 g/mol. The van der Waals surface area contributed by atoms with Crippen LogP contribution in [0.3, 0.4) is 0 Å². The summed E-state index contributed by atoms with van der Waals surface area (Å²) < 4.78 is 0.690. The highest BCUT2D eigenvalue weighted by molar-refractivity contribution is 9.10. The number of hydrogen-bond donors (Lipinski definition) is 3. The summed E-state index contributed by atoms with van der Waals surface area (Å²) in [4.78, 5) is 12.3. The molecule has 3 rings (SSSR count). The van der Waals surface area contributed by atoms with Crippen molar-refractivity contribution in [3.05, 3.63) is 52.1 Å². The van der Waals surface area contributed by atoms with Crippen LogP contribution >= 0.6 is 28.3 Å². The lowest BCUT2D eigenvalue weighted by Crippen LogP contribution is -2.30. The molecule has 0 fully saturated rings. The predicted molar refractivity (Wildman–Crippen MR) is 96.9 cm³/mol. The first kappa shape index (κ1) is 17.7. The van der Waals surface area contributed by atoms with Gasteiger partial charge in [-0.15, -0.1) is 12.4 Å². The van der Waals surface area contributed by atoms with Crippen LogP contribution in [0.2, 0.25) is 0 Å². The molecule has 23 heavy (non-hydrogen) atoms. The summed E-state index contributed by atoms with van der Waals surface area (Å²) in [7, 11) is 0. The fourth-order valence-corrected chi connectivity index (χ4v) is 2.96. The molecule has 1 aromatic carbocycles. The van der Waals surface area contributed by atoms with E-state index in [1.54, 1.807) is 0 Å². The van der Waals surface area contributed by atoms with Gasteiger partial charge in [0.25, 0.3) is 5.91 Å². The summed E-state index contributed by atoms with van der Waals surface area (Å²) in [5.41, 5.74) is 3.41. The van der Waals surface area contributed by atoms with Crippen LogP contribution in [0.25, 0.3) is 11.3 Å². The van der Waals surface area contributed by atoms with Gasteiger partial charge in [0.05, 0.1) is 4.47 Å². The fourth-order valence-electron chi connectivity index (χ4n) is 2.38. The molecule has 1 aromatic heterocycles. The molecule has 0 radical (unpaired) electrons. The first-order valence-electron chi connectivity index (χ1n) is 7.22. The van der Waals surface area contributed by atoms with E-state index in [0.29, 0.717) is 16.7 Å². The standard InChI is InChI=1S/C16H17BrN4O.ClH/c17-13-14(12-4-2-1-3-5-12)20-21-15(13)16(22)19-10-11-6-8-18-9-7-11;/h1-6,18H,7-10H2,(H,19,22)(H,20,21);1H. The largest absolute Gasteiger partial charge is 0.347 e. The van der Waals surface area contributed by atoms with Crippen LogP contribution in [0.15, 0.2) is 46.5 Å². The Morgan fingerprint density at radius 2 is 2.09 bits per heavy atom. The molecule has 0 aliphatic carbocycles. The Kier molecular flexibility index (Phi) is 6.38. The van der Waals surface area contributed by atoms with Crippen molar-refractivity contribution in [1.29, 1.82) is 0 Å². The first-order valence-corrected chi connectivity index (χ1v) is 8.01. The third-order valence-corrected chi connectivity index (χ3v) is 4.39. The number of nitrogens with zero attached hydrogens (tertiary/aromatic N) is 1. The van der Waals surface area contributed by atoms with Crippen LogP contribution in [0.5, 0.6) is 0 Å². The Morgan fingerprint density at radius 1 is 1.30 bits per heavy atom. The van der Waals surface area contributed by atoms with Crippen LogP contribution in [-0.2, 0) is 0 Å². The van der Waals surface area contributed by atoms with E-state index in [9.17, 15) is 4.79 Å². The van der Waals surface area contributed by atoms with Gasteiger partial charge in [0, 0.05) is 18.7 Å². The van der Waals surface area contributed by atoms with E-state index >= 15 is 0 Å². The highest BCUT2D eigenvalue weighted by atomic mass is 79.9. The van der Waals surface area contributed by atoms with Gasteiger partial charge >= 0.3 is 0 Å². The molecule has 0 atom stereocenters. The summed E-state index contributed by atoms with van der Waals surface area (Å²) >= 11 is 3.48. The molecule has 0 spiro atoms. The summed E-state index contributed by atoms with van der Waals surface area (Å²) in [5.74, 6) is -0.152. The van der Waals surface area contributed by atoms with E-state index in [4.69, 9.17) is 0 Å². The van der Waals surface area contributed by atoms with Crippen LogP contribution in [0.4, 0.5) is 0 Å². The summed E-state index contributed by atoms with van der Waals surface area (Å²) in [6.45, 7) is 2.41. The number of aromatic nitrogens is 2. The van der Waals surface area contributed by atoms with Crippen molar-refractivity contribution >= 4 is 34.2 Å². The van der Waals surface area contributed by atoms with E-state index in [1.165, 1.54) is 5.57 Å². The Bertz CT molecular complexity index is 699. The molecule has 2 heterocycles. The van der Waals surface area contributed by atoms with E-state index < -0.39 is 0 Å². The third-order valence-electron chi connectivity index (χ3n) is 3.62. The molecule has 0 unspecified atom stereocenters. The van der Waals surface area contributed by atoms with Gasteiger partial charge in [-0.25, -0.2) is 0 Å². The molecule has 1 aliphatic rings. The number of hydrogen-bond acceptors (Lipinski definition) is 3. The molecule has 1 amide bonds. The van der Waals surface area contributed by atoms with Gasteiger partial charge < -0.3 is 10.6 Å². The van der Waals surface area contributed by atoms with Gasteiger partial charge in [-0.1, -0.05) is 42.0 Å². The normalized spacial score (nSPS) is 13.9. The quantitative estimate of drug-likeness (QED) is 0.695. The maximum Gasteiger partial charge on any atom is 0.270 e. The second-order valence-electron chi connectivity index (χ2n) is 5.13. The minimum absolute atomic E-state index is 0. The minimum Gasteiger partial charge on any atom is -0.347 e. The van der Waals surface area contributed by atoms with Crippen molar-refractivity contribution in [1.82, 2.24) is 20.8 Å². The zero-order valence-electron chi connectivity index (χ0n) is 12.4. The Labute approximate surface area is 149 Å². The molecule has 2 aromatic rings. The number of aromatic amines is 1. The van der Waals surface area contributed by atoms with E-state index in [2.05, 4.69) is 42.8 Å². The first-order chi connectivity index (χ1) is 10.8. The summed E-state index contributed by atoms with van der Waals surface area (Å²) in [6.07, 6.45) is 3.10. The zero-order chi connectivity index (χ0) is 15.4. The van der Waals surface area contributed by atoms with E-state index in [1.807, 2.05) is 30.3 Å². The number of rotatable bonds is 4. The van der Waals surface area contributed by atoms with Gasteiger partial charge in [0.2, 0.25) is 0 Å². The van der Waals surface area contributed by atoms with Gasteiger partial charge in [-0.05, 0) is 28.9 Å². The van der Waals surface area contributed by atoms with Crippen molar-refractivity contribution in [3.63, 3.8) is 0 Å². The highest BCUT2D eigenvalue weighted by Crippen LogP contribution is 2.28. The van der Waals surface area contributed by atoms with Gasteiger partial charge in [-0.2, -0.15) is 5.10 Å². The number of carbonyl (C=O) groups is 1. The molecule has 5 nitrogen and oxygen atoms in total. The van der Waals surface area contributed by atoms with Crippen LogP contribution in [0, 0.1) is 0 Å². The zero-order valence-corrected chi connectivity index (χ0v) is 14.8. The SMILES string of the molecule is Cl.O=C(NCC1=CCNCC1)c1[nH]nc(-c2ccccc2)c1Br. The van der Waals surface area contributed by atoms with Crippen LogP contribution in [0.1, 0.15) is 16.9 Å². The maximum absolute atomic E-state index is 12.3. The lowest BCUT2D eigenvalue weighted by molar-refractivity contribution is 0.0951. The topological polar surface area (TPSA) is 69.8 Å². The van der Waals surface area contributed by atoms with Crippen molar-refractivity contribution in [2.75, 3.05) is 19.6 Å². The molecule has 7 heteroatoms. The lowest BCUT2D eigenvalue weighted by Gasteiger charge is -2.14. The van der Waals surface area contributed by atoms with Crippen molar-refractivity contribution in [3.8, 4) is 11.3 Å². The fraction of sp³-hybridized carbons (Fsp3) is 0.250. The monoisotopic (exact) mass is 396 g/mol.